The molecule has 1 saturated heterocycles. The number of carbonyl (C=O) groups excluding carboxylic acids is 4. The van der Waals surface area contributed by atoms with Gasteiger partial charge < -0.3 is 18.9 Å². The summed E-state index contributed by atoms with van der Waals surface area (Å²) in [5, 5.41) is 0. The third-order valence-electron chi connectivity index (χ3n) is 9.50. The van der Waals surface area contributed by atoms with Crippen LogP contribution in [0.25, 0.3) is 0 Å². The van der Waals surface area contributed by atoms with E-state index in [-0.39, 0.29) is 29.5 Å². The van der Waals surface area contributed by atoms with Gasteiger partial charge in [0.1, 0.15) is 17.8 Å². The van der Waals surface area contributed by atoms with Crippen LogP contribution in [0.4, 0.5) is 0 Å². The van der Waals surface area contributed by atoms with Gasteiger partial charge in [0, 0.05) is 20.3 Å². The van der Waals surface area contributed by atoms with Crippen LogP contribution in [0, 0.1) is 29.1 Å². The number of hydrogen-bond donors (Lipinski definition) is 0. The second kappa shape index (κ2) is 9.58. The van der Waals surface area contributed by atoms with Gasteiger partial charge in [-0.05, 0) is 60.6 Å². The van der Waals surface area contributed by atoms with E-state index in [1.807, 2.05) is 13.0 Å². The van der Waals surface area contributed by atoms with Crippen molar-refractivity contribution in [3.63, 3.8) is 0 Å². The molecule has 210 valence electrons. The normalized spacial score (nSPS) is 39.7. The Morgan fingerprint density at radius 1 is 1.03 bits per heavy atom. The molecular formula is C31H38O8. The fourth-order valence-electron chi connectivity index (χ4n) is 7.36. The molecule has 0 N–H and O–H groups in total. The average Bonchev–Trinajstić information content (AvgIpc) is 3.73. The highest BCUT2D eigenvalue weighted by Gasteiger charge is 2.71. The number of ether oxygens (including phenoxy) is 4. The van der Waals surface area contributed by atoms with Gasteiger partial charge in [-0.25, -0.2) is 4.79 Å². The highest BCUT2D eigenvalue weighted by Crippen LogP contribution is 2.64. The van der Waals surface area contributed by atoms with E-state index in [1.165, 1.54) is 13.8 Å². The maximum Gasteiger partial charge on any atom is 0.338 e. The molecule has 3 fully saturated rings. The Morgan fingerprint density at radius 3 is 2.28 bits per heavy atom. The van der Waals surface area contributed by atoms with Gasteiger partial charge in [0.15, 0.2) is 5.60 Å². The van der Waals surface area contributed by atoms with Gasteiger partial charge >= 0.3 is 17.9 Å². The summed E-state index contributed by atoms with van der Waals surface area (Å²) in [5.74, 6) is -2.86. The van der Waals surface area contributed by atoms with Gasteiger partial charge in [-0.2, -0.15) is 0 Å². The number of hydrogen-bond acceptors (Lipinski definition) is 8. The van der Waals surface area contributed by atoms with Gasteiger partial charge in [0.2, 0.25) is 5.78 Å². The minimum Gasteiger partial charge on any atom is -0.459 e. The highest BCUT2D eigenvalue weighted by atomic mass is 16.6. The van der Waals surface area contributed by atoms with E-state index in [2.05, 4.69) is 13.8 Å². The minimum atomic E-state index is -1.69. The molecule has 0 bridgehead atoms. The number of epoxide rings is 1. The average molecular weight is 539 g/mol. The second-order valence-corrected chi connectivity index (χ2v) is 12.5. The fraction of sp³-hybridized carbons (Fsp3) is 0.613. The maximum absolute atomic E-state index is 14.4. The zero-order valence-corrected chi connectivity index (χ0v) is 23.5. The molecule has 8 nitrogen and oxygen atoms in total. The smallest absolute Gasteiger partial charge is 0.338 e. The molecule has 1 aromatic carbocycles. The topological polar surface area (TPSA) is 108 Å². The van der Waals surface area contributed by atoms with Crippen LogP contribution < -0.4 is 0 Å². The van der Waals surface area contributed by atoms with Crippen LogP contribution >= 0.6 is 0 Å². The molecule has 1 spiro atoms. The summed E-state index contributed by atoms with van der Waals surface area (Å²) < 4.78 is 24.2. The number of benzene rings is 1. The van der Waals surface area contributed by atoms with Crippen LogP contribution in [0.15, 0.2) is 42.0 Å². The SMILES string of the molecule is CC(=O)OC1[C@H]2[C@@H](OC(=O)c3ccccc3)[C@@H](C)C[C@]2(OC(C)=O)C(=O)/C(C)=C/[C@@H]2[C@H](CC[C@@]13CO3)C2(C)C. The molecule has 0 amide bonds. The van der Waals surface area contributed by atoms with Crippen molar-refractivity contribution in [3.05, 3.63) is 47.5 Å². The van der Waals surface area contributed by atoms with Crippen molar-refractivity contribution in [2.24, 2.45) is 29.1 Å². The lowest BCUT2D eigenvalue weighted by atomic mass is 9.74. The number of esters is 3. The maximum atomic E-state index is 14.4. The van der Waals surface area contributed by atoms with E-state index < -0.39 is 47.2 Å². The molecule has 1 aromatic rings. The second-order valence-electron chi connectivity index (χ2n) is 12.5. The van der Waals surface area contributed by atoms with Crippen LogP contribution in [-0.4, -0.2) is 53.7 Å². The van der Waals surface area contributed by atoms with Crippen molar-refractivity contribution in [2.75, 3.05) is 6.61 Å². The molecule has 1 heterocycles. The van der Waals surface area contributed by atoms with Crippen LogP contribution in [0.2, 0.25) is 0 Å². The van der Waals surface area contributed by atoms with E-state index in [0.717, 1.165) is 6.42 Å². The standard InChI is InChI=1S/C31H38O8/c1-17-14-23-22(29(23,5)6)12-13-30(16-36-30)27(37-19(3)32)24-25(38-28(35)21-10-8-7-9-11-21)18(2)15-31(24,26(17)34)39-20(4)33/h7-11,14,18,22-25,27H,12-13,15-16H2,1-6H3/b17-14+/t18-,22-,23+,24+,25-,27?,30+,31+/m0/s1. The molecule has 0 radical (unpaired) electrons. The van der Waals surface area contributed by atoms with Crippen molar-refractivity contribution < 1.29 is 38.1 Å². The molecule has 0 aromatic heterocycles. The number of rotatable bonds is 4. The number of Topliss-reactive ketones (excluding diaryl/α,β-unsaturated/α-hetero) is 1. The van der Waals surface area contributed by atoms with Crippen molar-refractivity contribution in [3.8, 4) is 0 Å². The van der Waals surface area contributed by atoms with Gasteiger partial charge in [-0.1, -0.05) is 45.0 Å². The third-order valence-corrected chi connectivity index (χ3v) is 9.50. The summed E-state index contributed by atoms with van der Waals surface area (Å²) in [6.45, 7) is 10.9. The van der Waals surface area contributed by atoms with Gasteiger partial charge in [0.25, 0.3) is 0 Å². The number of carbonyl (C=O) groups is 4. The first-order chi connectivity index (χ1) is 18.3. The summed E-state index contributed by atoms with van der Waals surface area (Å²) in [6.07, 6.45) is 1.74. The summed E-state index contributed by atoms with van der Waals surface area (Å²) in [6, 6.07) is 8.59. The van der Waals surface area contributed by atoms with Crippen LogP contribution in [0.3, 0.4) is 0 Å². The number of ketones is 1. The Morgan fingerprint density at radius 2 is 1.69 bits per heavy atom. The predicted molar refractivity (Wildman–Crippen MR) is 140 cm³/mol. The zero-order valence-electron chi connectivity index (χ0n) is 23.5. The summed E-state index contributed by atoms with van der Waals surface area (Å²) >= 11 is 0. The minimum absolute atomic E-state index is 0.0124. The summed E-state index contributed by atoms with van der Waals surface area (Å²) in [4.78, 5) is 52.9. The van der Waals surface area contributed by atoms with Gasteiger partial charge in [0.05, 0.1) is 18.1 Å². The van der Waals surface area contributed by atoms with E-state index in [9.17, 15) is 19.2 Å². The largest absolute Gasteiger partial charge is 0.459 e. The Kier molecular flexibility index (Phi) is 6.77. The Balaban J connectivity index is 1.66. The Labute approximate surface area is 229 Å². The van der Waals surface area contributed by atoms with E-state index in [4.69, 9.17) is 18.9 Å². The van der Waals surface area contributed by atoms with Crippen molar-refractivity contribution in [1.82, 2.24) is 0 Å². The van der Waals surface area contributed by atoms with E-state index in [1.54, 1.807) is 37.3 Å². The Hall–Kier alpha value is -3.00. The van der Waals surface area contributed by atoms with Crippen LogP contribution in [0.5, 0.6) is 0 Å². The van der Waals surface area contributed by atoms with Crippen molar-refractivity contribution in [2.45, 2.75) is 84.2 Å². The summed E-state index contributed by atoms with van der Waals surface area (Å²) in [5.41, 5.74) is -1.68. The molecule has 2 saturated carbocycles. The van der Waals surface area contributed by atoms with Gasteiger partial charge in [-0.15, -0.1) is 0 Å². The van der Waals surface area contributed by atoms with Gasteiger partial charge in [-0.3, -0.25) is 14.4 Å². The first-order valence-electron chi connectivity index (χ1n) is 13.8. The molecule has 8 atom stereocenters. The molecule has 3 aliphatic carbocycles. The molecule has 1 aliphatic heterocycles. The summed E-state index contributed by atoms with van der Waals surface area (Å²) in [7, 11) is 0. The monoisotopic (exact) mass is 538 g/mol. The predicted octanol–water partition coefficient (Wildman–Crippen LogP) is 4.45. The first kappa shape index (κ1) is 27.6. The molecule has 5 rings (SSSR count). The van der Waals surface area contributed by atoms with Crippen LogP contribution in [0.1, 0.15) is 71.2 Å². The molecule has 8 heteroatoms. The van der Waals surface area contributed by atoms with Crippen LogP contribution in [-0.2, 0) is 33.3 Å². The quantitative estimate of drug-likeness (QED) is 0.314. The zero-order chi connectivity index (χ0) is 28.3. The number of allylic oxidation sites excluding steroid dienone is 1. The lowest BCUT2D eigenvalue weighted by Crippen LogP contribution is -2.58. The van der Waals surface area contributed by atoms with E-state index >= 15 is 0 Å². The van der Waals surface area contributed by atoms with E-state index in [0.29, 0.717) is 30.1 Å². The Bertz CT molecular complexity index is 1210. The lowest BCUT2D eigenvalue weighted by Gasteiger charge is -2.41. The third kappa shape index (κ3) is 4.71. The van der Waals surface area contributed by atoms with Crippen molar-refractivity contribution in [1.29, 1.82) is 0 Å². The molecular weight excluding hydrogens is 500 g/mol. The molecule has 39 heavy (non-hydrogen) atoms. The lowest BCUT2D eigenvalue weighted by molar-refractivity contribution is -0.186. The molecule has 4 aliphatic rings. The number of fused-ring (bicyclic) bond motifs is 2. The fourth-order valence-corrected chi connectivity index (χ4v) is 7.36. The van der Waals surface area contributed by atoms with Crippen molar-refractivity contribution >= 4 is 23.7 Å². The molecule has 1 unspecified atom stereocenters. The first-order valence-corrected chi connectivity index (χ1v) is 13.8. The highest BCUT2D eigenvalue weighted by molar-refractivity contribution is 6.03.